The monoisotopic (exact) mass is 509 g/mol. The zero-order valence-corrected chi connectivity index (χ0v) is 23.9. The molecule has 0 radical (unpaired) electrons. The zero-order chi connectivity index (χ0) is 26.8. The maximum atomic E-state index is 12.9. The minimum Gasteiger partial charge on any atom is -0.461 e. The van der Waals surface area contributed by atoms with Gasteiger partial charge in [-0.05, 0) is 43.9 Å². The molecule has 1 fully saturated rings. The molecule has 0 spiro atoms. The van der Waals surface area contributed by atoms with Gasteiger partial charge >= 0.3 is 11.9 Å². The number of carbonyl (C=O) groups excluding carboxylic acids is 3. The Labute approximate surface area is 221 Å². The summed E-state index contributed by atoms with van der Waals surface area (Å²) in [4.78, 5) is 36.1. The number of hydrogen-bond donors (Lipinski definition) is 1. The summed E-state index contributed by atoms with van der Waals surface area (Å²) in [6.07, 6.45) is 17.3. The van der Waals surface area contributed by atoms with Gasteiger partial charge in [0.05, 0.1) is 5.92 Å². The molecule has 1 amide bonds. The molecule has 0 saturated carbocycles. The third-order valence-electron chi connectivity index (χ3n) is 7.44. The van der Waals surface area contributed by atoms with Crippen molar-refractivity contribution in [3.8, 4) is 0 Å². The van der Waals surface area contributed by atoms with Crippen molar-refractivity contribution >= 4 is 18.3 Å². The maximum Gasteiger partial charge on any atom is 0.328 e. The highest BCUT2D eigenvalue weighted by Crippen LogP contribution is 2.33. The number of esters is 2. The first-order valence-corrected chi connectivity index (χ1v) is 14.9. The SMILES string of the molecule is CCCCCCCCCCC[C@@H](C[C@@H]1OC(=O)[C@H]1CCC(C)CCC)OC(=O)[C@H](CC(C)C)NC=O. The van der Waals surface area contributed by atoms with E-state index in [-0.39, 0.29) is 36.0 Å². The molecule has 210 valence electrons. The second-order valence-electron chi connectivity index (χ2n) is 11.4. The molecule has 0 aromatic heterocycles. The van der Waals surface area contributed by atoms with Crippen LogP contribution in [0.15, 0.2) is 0 Å². The van der Waals surface area contributed by atoms with Crippen LogP contribution < -0.4 is 5.32 Å². The minimum atomic E-state index is -0.636. The molecule has 0 aliphatic carbocycles. The fourth-order valence-corrected chi connectivity index (χ4v) is 5.21. The van der Waals surface area contributed by atoms with Crippen molar-refractivity contribution in [1.29, 1.82) is 0 Å². The van der Waals surface area contributed by atoms with Crippen LogP contribution in [0.1, 0.15) is 137 Å². The van der Waals surface area contributed by atoms with E-state index in [1.54, 1.807) is 0 Å². The van der Waals surface area contributed by atoms with Crippen molar-refractivity contribution in [1.82, 2.24) is 5.32 Å². The van der Waals surface area contributed by atoms with Crippen LogP contribution in [0.2, 0.25) is 0 Å². The first kappa shape index (κ1) is 32.4. The molecule has 1 rings (SSSR count). The van der Waals surface area contributed by atoms with Gasteiger partial charge in [-0.15, -0.1) is 0 Å². The van der Waals surface area contributed by atoms with Gasteiger partial charge in [-0.3, -0.25) is 9.59 Å². The van der Waals surface area contributed by atoms with Crippen molar-refractivity contribution in [2.24, 2.45) is 17.8 Å². The van der Waals surface area contributed by atoms with Gasteiger partial charge < -0.3 is 14.8 Å². The lowest BCUT2D eigenvalue weighted by Gasteiger charge is -2.37. The van der Waals surface area contributed by atoms with Gasteiger partial charge in [0.25, 0.3) is 0 Å². The Balaban J connectivity index is 2.62. The van der Waals surface area contributed by atoms with Gasteiger partial charge in [0.2, 0.25) is 6.41 Å². The molecular formula is C30H55NO5. The summed E-state index contributed by atoms with van der Waals surface area (Å²) in [7, 11) is 0. The smallest absolute Gasteiger partial charge is 0.328 e. The van der Waals surface area contributed by atoms with Crippen molar-refractivity contribution in [3.63, 3.8) is 0 Å². The molecular weight excluding hydrogens is 454 g/mol. The molecule has 0 bridgehead atoms. The summed E-state index contributed by atoms with van der Waals surface area (Å²) in [5.41, 5.74) is 0. The Bertz CT molecular complexity index is 608. The average Bonchev–Trinajstić information content (AvgIpc) is 2.82. The fourth-order valence-electron chi connectivity index (χ4n) is 5.21. The highest BCUT2D eigenvalue weighted by Gasteiger charge is 2.43. The second-order valence-corrected chi connectivity index (χ2v) is 11.4. The molecule has 0 aromatic carbocycles. The number of cyclic esters (lactones) is 1. The molecule has 5 atom stereocenters. The van der Waals surface area contributed by atoms with Crippen molar-refractivity contribution < 1.29 is 23.9 Å². The number of amides is 1. The molecule has 36 heavy (non-hydrogen) atoms. The van der Waals surface area contributed by atoms with Gasteiger partial charge in [0.15, 0.2) is 0 Å². The number of unbranched alkanes of at least 4 members (excludes halogenated alkanes) is 8. The topological polar surface area (TPSA) is 81.7 Å². The summed E-state index contributed by atoms with van der Waals surface area (Å²) in [6.45, 7) is 10.7. The van der Waals surface area contributed by atoms with E-state index in [4.69, 9.17) is 9.47 Å². The lowest BCUT2D eigenvalue weighted by molar-refractivity contribution is -0.190. The third kappa shape index (κ3) is 13.6. The quantitative estimate of drug-likeness (QED) is 0.0900. The molecule has 1 unspecified atom stereocenters. The fraction of sp³-hybridized carbons (Fsp3) is 0.900. The Kier molecular flexibility index (Phi) is 17.6. The Morgan fingerprint density at radius 2 is 1.58 bits per heavy atom. The van der Waals surface area contributed by atoms with E-state index in [0.717, 1.165) is 38.5 Å². The Hall–Kier alpha value is -1.59. The second kappa shape index (κ2) is 19.5. The van der Waals surface area contributed by atoms with Gasteiger partial charge in [-0.2, -0.15) is 0 Å². The first-order valence-electron chi connectivity index (χ1n) is 14.9. The van der Waals surface area contributed by atoms with Crippen molar-refractivity contribution in [2.75, 3.05) is 0 Å². The Morgan fingerprint density at radius 3 is 2.14 bits per heavy atom. The van der Waals surface area contributed by atoms with Crippen molar-refractivity contribution in [2.45, 2.75) is 156 Å². The largest absolute Gasteiger partial charge is 0.461 e. The maximum absolute atomic E-state index is 12.9. The predicted octanol–water partition coefficient (Wildman–Crippen LogP) is 7.13. The highest BCUT2D eigenvalue weighted by molar-refractivity contribution is 5.79. The lowest BCUT2D eigenvalue weighted by atomic mass is 9.84. The van der Waals surface area contributed by atoms with Gasteiger partial charge in [-0.1, -0.05) is 98.8 Å². The van der Waals surface area contributed by atoms with Crippen LogP contribution in [0.3, 0.4) is 0 Å². The normalized spacial score (nSPS) is 19.8. The average molecular weight is 510 g/mol. The zero-order valence-electron chi connectivity index (χ0n) is 23.9. The van der Waals surface area contributed by atoms with E-state index >= 15 is 0 Å². The predicted molar refractivity (Wildman–Crippen MR) is 145 cm³/mol. The summed E-state index contributed by atoms with van der Waals surface area (Å²) >= 11 is 0. The highest BCUT2D eigenvalue weighted by atomic mass is 16.6. The number of rotatable bonds is 23. The molecule has 0 aromatic rings. The van der Waals surface area contributed by atoms with Crippen LogP contribution >= 0.6 is 0 Å². The van der Waals surface area contributed by atoms with Crippen LogP contribution in [-0.2, 0) is 23.9 Å². The van der Waals surface area contributed by atoms with Gasteiger partial charge in [0, 0.05) is 6.42 Å². The molecule has 6 heteroatoms. The Morgan fingerprint density at radius 1 is 0.944 bits per heavy atom. The van der Waals surface area contributed by atoms with Crippen LogP contribution in [0.5, 0.6) is 0 Å². The van der Waals surface area contributed by atoms with E-state index in [1.165, 1.54) is 51.4 Å². The lowest BCUT2D eigenvalue weighted by Crippen LogP contribution is -2.48. The van der Waals surface area contributed by atoms with Crippen LogP contribution in [0.25, 0.3) is 0 Å². The number of carbonyl (C=O) groups is 3. The van der Waals surface area contributed by atoms with E-state index < -0.39 is 6.04 Å². The van der Waals surface area contributed by atoms with E-state index in [2.05, 4.69) is 26.1 Å². The van der Waals surface area contributed by atoms with E-state index in [0.29, 0.717) is 25.2 Å². The van der Waals surface area contributed by atoms with E-state index in [9.17, 15) is 14.4 Å². The summed E-state index contributed by atoms with van der Waals surface area (Å²) in [5, 5.41) is 2.63. The molecule has 6 nitrogen and oxygen atoms in total. The third-order valence-corrected chi connectivity index (χ3v) is 7.44. The van der Waals surface area contributed by atoms with Crippen LogP contribution in [-0.4, -0.2) is 36.6 Å². The first-order chi connectivity index (χ1) is 17.3. The molecule has 1 N–H and O–H groups in total. The summed E-state index contributed by atoms with van der Waals surface area (Å²) in [6, 6.07) is -0.636. The molecule has 1 aliphatic heterocycles. The minimum absolute atomic E-state index is 0.0896. The molecule has 1 aliphatic rings. The van der Waals surface area contributed by atoms with Gasteiger partial charge in [0.1, 0.15) is 18.2 Å². The molecule has 1 heterocycles. The summed E-state index contributed by atoms with van der Waals surface area (Å²) < 4.78 is 11.5. The van der Waals surface area contributed by atoms with Crippen LogP contribution in [0, 0.1) is 17.8 Å². The van der Waals surface area contributed by atoms with E-state index in [1.807, 2.05) is 13.8 Å². The van der Waals surface area contributed by atoms with Crippen LogP contribution in [0.4, 0.5) is 0 Å². The molecule has 1 saturated heterocycles. The summed E-state index contributed by atoms with van der Waals surface area (Å²) in [5.74, 6) is 0.277. The van der Waals surface area contributed by atoms with Gasteiger partial charge in [-0.25, -0.2) is 4.79 Å². The standard InChI is InChI=1S/C30H55NO5/c1-6-8-9-10-11-12-13-14-15-17-25(35-30(34)27(31-22-32)20-23(3)4)21-28-26(29(33)36-28)19-18-24(5)16-7-2/h22-28H,6-21H2,1-5H3,(H,31,32)/t24?,25-,26-,27-,28-/m0/s1. The number of nitrogens with one attached hydrogen (secondary N) is 1. The number of ether oxygens (including phenoxy) is 2. The number of hydrogen-bond acceptors (Lipinski definition) is 5. The van der Waals surface area contributed by atoms with Crippen molar-refractivity contribution in [3.05, 3.63) is 0 Å².